The highest BCUT2D eigenvalue weighted by atomic mass is 16.3. The van der Waals surface area contributed by atoms with Crippen LogP contribution in [-0.4, -0.2) is 46.3 Å². The van der Waals surface area contributed by atoms with E-state index in [0.717, 1.165) is 61.5 Å². The van der Waals surface area contributed by atoms with E-state index in [1.807, 2.05) is 18.5 Å². The maximum atomic E-state index is 5.74. The largest absolute Gasteiger partial charge is 0.465 e. The number of hydrogen-bond acceptors (Lipinski definition) is 4. The van der Waals surface area contributed by atoms with Crippen molar-refractivity contribution in [3.05, 3.63) is 70.9 Å². The van der Waals surface area contributed by atoms with Crippen molar-refractivity contribution in [2.24, 2.45) is 5.92 Å². The molecular formula is C25H34N4O. The Morgan fingerprint density at radius 3 is 2.53 bits per heavy atom. The first-order valence-corrected chi connectivity index (χ1v) is 11.0. The zero-order valence-corrected chi connectivity index (χ0v) is 18.8. The van der Waals surface area contributed by atoms with Gasteiger partial charge in [-0.05, 0) is 95.6 Å². The van der Waals surface area contributed by atoms with Gasteiger partial charge < -0.3 is 9.32 Å². The number of aryl methyl sites for hydroxylation is 3. The van der Waals surface area contributed by atoms with Gasteiger partial charge in [-0.15, -0.1) is 0 Å². The standard InChI is InChI=1S/C25H34N4O/c1-19-14-20(2)29(26-19)24-7-5-6-23(15-24)17-27(4)16-22-10-12-28(13-11-22)18-25-9-8-21(3)30-25/h5-9,14-15,22H,10-13,16-18H2,1-4H3. The van der Waals surface area contributed by atoms with Gasteiger partial charge in [-0.25, -0.2) is 4.68 Å². The molecule has 3 aromatic rings. The minimum Gasteiger partial charge on any atom is -0.465 e. The second-order valence-corrected chi connectivity index (χ2v) is 8.94. The maximum absolute atomic E-state index is 5.74. The lowest BCUT2D eigenvalue weighted by atomic mass is 9.96. The molecule has 1 aliphatic rings. The summed E-state index contributed by atoms with van der Waals surface area (Å²) in [4.78, 5) is 4.99. The first-order valence-electron chi connectivity index (χ1n) is 11.0. The van der Waals surface area contributed by atoms with Gasteiger partial charge >= 0.3 is 0 Å². The molecule has 0 aliphatic carbocycles. The molecule has 160 valence electrons. The van der Waals surface area contributed by atoms with Crippen LogP contribution in [0, 0.1) is 26.7 Å². The van der Waals surface area contributed by atoms with Crippen molar-refractivity contribution >= 4 is 0 Å². The van der Waals surface area contributed by atoms with Crippen LogP contribution in [0.15, 0.2) is 46.9 Å². The molecule has 0 spiro atoms. The van der Waals surface area contributed by atoms with Crippen LogP contribution in [0.25, 0.3) is 5.69 Å². The molecule has 2 aromatic heterocycles. The molecule has 0 atom stereocenters. The van der Waals surface area contributed by atoms with Crippen LogP contribution in [0.2, 0.25) is 0 Å². The number of hydrogen-bond donors (Lipinski definition) is 0. The number of furan rings is 1. The van der Waals surface area contributed by atoms with Crippen LogP contribution in [0.4, 0.5) is 0 Å². The Bertz CT molecular complexity index is 965. The van der Waals surface area contributed by atoms with E-state index in [1.54, 1.807) is 0 Å². The molecule has 5 nitrogen and oxygen atoms in total. The van der Waals surface area contributed by atoms with Crippen LogP contribution in [0.5, 0.6) is 0 Å². The number of likely N-dealkylation sites (tertiary alicyclic amines) is 1. The summed E-state index contributed by atoms with van der Waals surface area (Å²) in [6.07, 6.45) is 2.52. The van der Waals surface area contributed by atoms with Crippen LogP contribution in [0.3, 0.4) is 0 Å². The quantitative estimate of drug-likeness (QED) is 0.568. The van der Waals surface area contributed by atoms with Crippen molar-refractivity contribution in [3.8, 4) is 5.69 Å². The Kier molecular flexibility index (Phi) is 6.40. The zero-order chi connectivity index (χ0) is 21.1. The van der Waals surface area contributed by atoms with Crippen molar-refractivity contribution in [2.75, 3.05) is 26.7 Å². The van der Waals surface area contributed by atoms with Crippen LogP contribution < -0.4 is 0 Å². The topological polar surface area (TPSA) is 37.4 Å². The lowest BCUT2D eigenvalue weighted by molar-refractivity contribution is 0.140. The summed E-state index contributed by atoms with van der Waals surface area (Å²) in [6.45, 7) is 11.5. The van der Waals surface area contributed by atoms with Gasteiger partial charge in [0.1, 0.15) is 11.5 Å². The van der Waals surface area contributed by atoms with Crippen molar-refractivity contribution in [3.63, 3.8) is 0 Å². The SMILES string of the molecule is Cc1cc(C)n(-c2cccc(CN(C)CC3CCN(Cc4ccc(C)o4)CC3)c2)n1. The van der Waals surface area contributed by atoms with E-state index in [2.05, 4.69) is 71.3 Å². The van der Waals surface area contributed by atoms with Crippen molar-refractivity contribution < 1.29 is 4.42 Å². The Balaban J connectivity index is 1.27. The molecule has 1 fully saturated rings. The highest BCUT2D eigenvalue weighted by molar-refractivity contribution is 5.37. The van der Waals surface area contributed by atoms with Gasteiger partial charge in [0, 0.05) is 18.8 Å². The molecule has 30 heavy (non-hydrogen) atoms. The van der Waals surface area contributed by atoms with Gasteiger partial charge in [-0.1, -0.05) is 12.1 Å². The fourth-order valence-electron chi connectivity index (χ4n) is 4.61. The van der Waals surface area contributed by atoms with E-state index >= 15 is 0 Å². The van der Waals surface area contributed by atoms with E-state index in [1.165, 1.54) is 24.1 Å². The fraction of sp³-hybridized carbons (Fsp3) is 0.480. The van der Waals surface area contributed by atoms with E-state index < -0.39 is 0 Å². The number of aromatic nitrogens is 2. The summed E-state index contributed by atoms with van der Waals surface area (Å²) in [5.41, 5.74) is 4.72. The Hall–Kier alpha value is -2.37. The predicted octanol–water partition coefficient (Wildman–Crippen LogP) is 4.73. The van der Waals surface area contributed by atoms with Gasteiger partial charge in [0.05, 0.1) is 17.9 Å². The molecule has 1 aromatic carbocycles. The van der Waals surface area contributed by atoms with Gasteiger partial charge in [0.2, 0.25) is 0 Å². The third-order valence-electron chi connectivity index (χ3n) is 6.07. The third kappa shape index (κ3) is 5.21. The molecule has 0 N–H and O–H groups in total. The van der Waals surface area contributed by atoms with Crippen molar-refractivity contribution in [2.45, 2.75) is 46.7 Å². The highest BCUT2D eigenvalue weighted by Gasteiger charge is 2.21. The molecule has 0 bridgehead atoms. The highest BCUT2D eigenvalue weighted by Crippen LogP contribution is 2.22. The molecule has 0 radical (unpaired) electrons. The average molecular weight is 407 g/mol. The first kappa shape index (κ1) is 20.9. The minimum atomic E-state index is 0.767. The van der Waals surface area contributed by atoms with Crippen LogP contribution in [-0.2, 0) is 13.1 Å². The summed E-state index contributed by atoms with van der Waals surface area (Å²) in [7, 11) is 2.24. The number of benzene rings is 1. The zero-order valence-electron chi connectivity index (χ0n) is 18.8. The molecule has 4 rings (SSSR count). The molecule has 1 aliphatic heterocycles. The van der Waals surface area contributed by atoms with Crippen LogP contribution in [0.1, 0.15) is 41.3 Å². The lowest BCUT2D eigenvalue weighted by Crippen LogP contribution is -2.37. The van der Waals surface area contributed by atoms with E-state index in [4.69, 9.17) is 4.42 Å². The predicted molar refractivity (Wildman–Crippen MR) is 121 cm³/mol. The molecule has 0 unspecified atom stereocenters. The Morgan fingerprint density at radius 2 is 1.87 bits per heavy atom. The van der Waals surface area contributed by atoms with Crippen molar-refractivity contribution in [1.29, 1.82) is 0 Å². The molecular weight excluding hydrogens is 372 g/mol. The lowest BCUT2D eigenvalue weighted by Gasteiger charge is -2.33. The summed E-state index contributed by atoms with van der Waals surface area (Å²) in [5.74, 6) is 2.86. The van der Waals surface area contributed by atoms with Crippen LogP contribution >= 0.6 is 0 Å². The third-order valence-corrected chi connectivity index (χ3v) is 6.07. The summed E-state index contributed by atoms with van der Waals surface area (Å²) < 4.78 is 7.77. The molecule has 1 saturated heterocycles. The van der Waals surface area contributed by atoms with E-state index in [9.17, 15) is 0 Å². The van der Waals surface area contributed by atoms with E-state index in [-0.39, 0.29) is 0 Å². The fourth-order valence-corrected chi connectivity index (χ4v) is 4.61. The van der Waals surface area contributed by atoms with Crippen molar-refractivity contribution in [1.82, 2.24) is 19.6 Å². The van der Waals surface area contributed by atoms with Gasteiger partial charge in [0.15, 0.2) is 0 Å². The Labute approximate surface area is 180 Å². The summed E-state index contributed by atoms with van der Waals surface area (Å²) >= 11 is 0. The average Bonchev–Trinajstić information content (AvgIpc) is 3.27. The minimum absolute atomic E-state index is 0.767. The summed E-state index contributed by atoms with van der Waals surface area (Å²) in [6, 6.07) is 15.1. The molecule has 0 saturated carbocycles. The monoisotopic (exact) mass is 406 g/mol. The first-order chi connectivity index (χ1) is 14.5. The molecule has 3 heterocycles. The van der Waals surface area contributed by atoms with Gasteiger partial charge in [0.25, 0.3) is 0 Å². The Morgan fingerprint density at radius 1 is 1.07 bits per heavy atom. The second-order valence-electron chi connectivity index (χ2n) is 8.94. The second kappa shape index (κ2) is 9.19. The molecule has 5 heteroatoms. The molecule has 0 amide bonds. The number of piperidine rings is 1. The smallest absolute Gasteiger partial charge is 0.118 e. The number of nitrogens with zero attached hydrogens (tertiary/aromatic N) is 4. The van der Waals surface area contributed by atoms with Gasteiger partial charge in [-0.2, -0.15) is 5.10 Å². The normalized spacial score (nSPS) is 15.9. The summed E-state index contributed by atoms with van der Waals surface area (Å²) in [5, 5.41) is 4.62. The maximum Gasteiger partial charge on any atom is 0.118 e. The van der Waals surface area contributed by atoms with Gasteiger partial charge in [-0.3, -0.25) is 4.90 Å². The number of rotatable bonds is 7. The van der Waals surface area contributed by atoms with E-state index in [0.29, 0.717) is 0 Å².